The Morgan fingerprint density at radius 2 is 1.64 bits per heavy atom. The van der Waals surface area contributed by atoms with Gasteiger partial charge >= 0.3 is 0 Å². The molecule has 25 heavy (non-hydrogen) atoms. The average molecular weight is 327 g/mol. The molecule has 1 saturated carbocycles. The van der Waals surface area contributed by atoms with Crippen LogP contribution in [0.5, 0.6) is 0 Å². The highest BCUT2D eigenvalue weighted by Crippen LogP contribution is 2.36. The fourth-order valence-corrected chi connectivity index (χ4v) is 4.20. The Hall–Kier alpha value is -2.68. The summed E-state index contributed by atoms with van der Waals surface area (Å²) in [7, 11) is 0. The van der Waals surface area contributed by atoms with Gasteiger partial charge in [-0.05, 0) is 24.5 Å². The quantitative estimate of drug-likeness (QED) is 0.512. The van der Waals surface area contributed by atoms with E-state index in [1.807, 2.05) is 6.20 Å². The molecule has 0 unspecified atom stereocenters. The number of hydrogen-bond acceptors (Lipinski definition) is 2. The van der Waals surface area contributed by atoms with Crippen molar-refractivity contribution in [3.05, 3.63) is 72.2 Å². The van der Waals surface area contributed by atoms with Gasteiger partial charge in [-0.3, -0.25) is 4.98 Å². The summed E-state index contributed by atoms with van der Waals surface area (Å²) in [6, 6.07) is 19.1. The third kappa shape index (κ3) is 2.51. The fraction of sp³-hybridized carbons (Fsp3) is 0.273. The first-order valence-electron chi connectivity index (χ1n) is 9.18. The molecule has 0 N–H and O–H groups in total. The molecule has 5 rings (SSSR count). The van der Waals surface area contributed by atoms with E-state index >= 15 is 0 Å². The van der Waals surface area contributed by atoms with Gasteiger partial charge in [0.1, 0.15) is 11.3 Å². The van der Waals surface area contributed by atoms with Crippen molar-refractivity contribution < 1.29 is 0 Å². The molecule has 0 spiro atoms. The average Bonchev–Trinajstić information content (AvgIpc) is 3.31. The minimum atomic E-state index is 0.579. The lowest BCUT2D eigenvalue weighted by atomic mass is 10.1. The number of fused-ring (bicyclic) bond motifs is 3. The molecule has 2 heterocycles. The van der Waals surface area contributed by atoms with Crippen LogP contribution in [0.3, 0.4) is 0 Å². The monoisotopic (exact) mass is 327 g/mol. The van der Waals surface area contributed by atoms with Crippen molar-refractivity contribution in [1.29, 1.82) is 0 Å². The minimum absolute atomic E-state index is 0.579. The molecule has 0 bridgehead atoms. The maximum Gasteiger partial charge on any atom is 0.113 e. The lowest BCUT2D eigenvalue weighted by Crippen LogP contribution is -2.08. The second kappa shape index (κ2) is 5.99. The third-order valence-corrected chi connectivity index (χ3v) is 5.41. The van der Waals surface area contributed by atoms with Gasteiger partial charge < -0.3 is 4.57 Å². The molecule has 0 atom stereocenters. The van der Waals surface area contributed by atoms with E-state index in [2.05, 4.69) is 64.1 Å². The van der Waals surface area contributed by atoms with Crippen molar-refractivity contribution in [2.45, 2.75) is 38.1 Å². The molecule has 2 aromatic carbocycles. The van der Waals surface area contributed by atoms with Crippen LogP contribution in [0.4, 0.5) is 0 Å². The van der Waals surface area contributed by atoms with Gasteiger partial charge in [-0.25, -0.2) is 4.98 Å². The van der Waals surface area contributed by atoms with E-state index in [0.717, 1.165) is 17.6 Å². The number of benzene rings is 2. The Kier molecular flexibility index (Phi) is 3.51. The smallest absolute Gasteiger partial charge is 0.113 e. The summed E-state index contributed by atoms with van der Waals surface area (Å²) in [5, 5.41) is 1.20. The Morgan fingerprint density at radius 3 is 2.48 bits per heavy atom. The zero-order valence-electron chi connectivity index (χ0n) is 14.2. The second-order valence-electron chi connectivity index (χ2n) is 7.03. The van der Waals surface area contributed by atoms with Crippen LogP contribution in [-0.2, 0) is 6.54 Å². The van der Waals surface area contributed by atoms with Gasteiger partial charge in [0.2, 0.25) is 0 Å². The molecule has 3 heteroatoms. The largest absolute Gasteiger partial charge is 0.323 e. The van der Waals surface area contributed by atoms with Crippen LogP contribution in [0.2, 0.25) is 0 Å². The van der Waals surface area contributed by atoms with E-state index in [4.69, 9.17) is 4.98 Å². The van der Waals surface area contributed by atoms with Gasteiger partial charge in [0.15, 0.2) is 0 Å². The topological polar surface area (TPSA) is 30.7 Å². The summed E-state index contributed by atoms with van der Waals surface area (Å²) >= 11 is 0. The first-order valence-corrected chi connectivity index (χ1v) is 9.18. The highest BCUT2D eigenvalue weighted by Gasteiger charge is 2.24. The standard InChI is InChI=1S/C22H21N3/c1-2-8-16(9-3-1)15-25-21-18-12-6-7-13-19(18)23-14-20(21)24-22(25)17-10-4-5-11-17/h1-3,6-9,12-14,17H,4-5,10-11,15H2. The van der Waals surface area contributed by atoms with Gasteiger partial charge in [-0.15, -0.1) is 0 Å². The second-order valence-corrected chi connectivity index (χ2v) is 7.03. The molecule has 4 aromatic rings. The van der Waals surface area contributed by atoms with E-state index in [0.29, 0.717) is 5.92 Å². The van der Waals surface area contributed by atoms with E-state index in [1.54, 1.807) is 0 Å². The molecule has 1 aliphatic carbocycles. The van der Waals surface area contributed by atoms with E-state index in [-0.39, 0.29) is 0 Å². The van der Waals surface area contributed by atoms with E-state index in [9.17, 15) is 0 Å². The van der Waals surface area contributed by atoms with Crippen molar-refractivity contribution in [1.82, 2.24) is 14.5 Å². The number of aromatic nitrogens is 3. The Morgan fingerprint density at radius 1 is 0.880 bits per heavy atom. The Labute approximate surface area is 147 Å². The molecule has 0 aliphatic heterocycles. The minimum Gasteiger partial charge on any atom is -0.323 e. The lowest BCUT2D eigenvalue weighted by molar-refractivity contribution is 0.619. The molecule has 124 valence electrons. The molecular weight excluding hydrogens is 306 g/mol. The Bertz CT molecular complexity index is 1030. The highest BCUT2D eigenvalue weighted by molar-refractivity contribution is 6.02. The van der Waals surface area contributed by atoms with Gasteiger partial charge in [0.25, 0.3) is 0 Å². The van der Waals surface area contributed by atoms with Crippen molar-refractivity contribution in [2.75, 3.05) is 0 Å². The number of hydrogen-bond donors (Lipinski definition) is 0. The predicted molar refractivity (Wildman–Crippen MR) is 102 cm³/mol. The summed E-state index contributed by atoms with van der Waals surface area (Å²) in [6.07, 6.45) is 7.08. The number of para-hydroxylation sites is 1. The number of rotatable bonds is 3. The molecule has 1 aliphatic rings. The van der Waals surface area contributed by atoms with E-state index in [1.165, 1.54) is 48.0 Å². The molecule has 3 nitrogen and oxygen atoms in total. The van der Waals surface area contributed by atoms with E-state index < -0.39 is 0 Å². The lowest BCUT2D eigenvalue weighted by Gasteiger charge is -2.14. The zero-order valence-corrected chi connectivity index (χ0v) is 14.2. The molecule has 2 aromatic heterocycles. The molecule has 0 amide bonds. The first kappa shape index (κ1) is 14.6. The maximum atomic E-state index is 5.04. The highest BCUT2D eigenvalue weighted by atomic mass is 15.1. The van der Waals surface area contributed by atoms with Crippen molar-refractivity contribution in [3.8, 4) is 0 Å². The van der Waals surface area contributed by atoms with Crippen LogP contribution in [0.1, 0.15) is 43.0 Å². The van der Waals surface area contributed by atoms with Gasteiger partial charge in [-0.1, -0.05) is 61.4 Å². The fourth-order valence-electron chi connectivity index (χ4n) is 4.20. The first-order chi connectivity index (χ1) is 12.4. The summed E-state index contributed by atoms with van der Waals surface area (Å²) in [5.41, 5.74) is 4.62. The van der Waals surface area contributed by atoms with Gasteiger partial charge in [0, 0.05) is 17.8 Å². The number of nitrogens with zero attached hydrogens (tertiary/aromatic N) is 3. The summed E-state index contributed by atoms with van der Waals surface area (Å²) < 4.78 is 2.45. The van der Waals surface area contributed by atoms with Crippen molar-refractivity contribution >= 4 is 21.9 Å². The number of imidazole rings is 1. The van der Waals surface area contributed by atoms with Crippen molar-refractivity contribution in [2.24, 2.45) is 0 Å². The molecular formula is C22H21N3. The zero-order chi connectivity index (χ0) is 16.6. The van der Waals surface area contributed by atoms with Crippen LogP contribution in [0, 0.1) is 0 Å². The van der Waals surface area contributed by atoms with Crippen LogP contribution in [0.25, 0.3) is 21.9 Å². The third-order valence-electron chi connectivity index (χ3n) is 5.41. The molecule has 1 fully saturated rings. The van der Waals surface area contributed by atoms with Gasteiger partial charge in [0.05, 0.1) is 17.2 Å². The van der Waals surface area contributed by atoms with Crippen LogP contribution < -0.4 is 0 Å². The maximum absolute atomic E-state index is 5.04. The predicted octanol–water partition coefficient (Wildman–Crippen LogP) is 5.29. The van der Waals surface area contributed by atoms with Gasteiger partial charge in [-0.2, -0.15) is 0 Å². The van der Waals surface area contributed by atoms with Crippen LogP contribution >= 0.6 is 0 Å². The molecule has 0 radical (unpaired) electrons. The normalized spacial score (nSPS) is 15.4. The summed E-state index contributed by atoms with van der Waals surface area (Å²) in [5.74, 6) is 1.82. The van der Waals surface area contributed by atoms with Crippen LogP contribution in [0.15, 0.2) is 60.8 Å². The molecule has 0 saturated heterocycles. The number of pyridine rings is 1. The summed E-state index contributed by atoms with van der Waals surface area (Å²) in [4.78, 5) is 9.66. The summed E-state index contributed by atoms with van der Waals surface area (Å²) in [6.45, 7) is 0.872. The SMILES string of the molecule is c1ccc(Cn2c(C3CCCC3)nc3cnc4ccccc4c32)cc1. The van der Waals surface area contributed by atoms with Crippen molar-refractivity contribution in [3.63, 3.8) is 0 Å². The van der Waals surface area contributed by atoms with Crippen LogP contribution in [-0.4, -0.2) is 14.5 Å². The Balaban J connectivity index is 1.77.